The lowest BCUT2D eigenvalue weighted by atomic mass is 10.2. The Morgan fingerprint density at radius 1 is 1.37 bits per heavy atom. The van der Waals surface area contributed by atoms with Gasteiger partial charge in [0.2, 0.25) is 0 Å². The Labute approximate surface area is 114 Å². The van der Waals surface area contributed by atoms with Crippen molar-refractivity contribution in [2.24, 2.45) is 0 Å². The molecule has 1 unspecified atom stereocenters. The Balaban J connectivity index is 2.64. The van der Waals surface area contributed by atoms with Crippen molar-refractivity contribution in [1.82, 2.24) is 5.32 Å². The van der Waals surface area contributed by atoms with E-state index >= 15 is 0 Å². The smallest absolute Gasteiger partial charge is 0.322 e. The molecule has 0 radical (unpaired) electrons. The third-order valence-corrected chi connectivity index (χ3v) is 3.08. The monoisotopic (exact) mass is 266 g/mol. The fraction of sp³-hybridized carbons (Fsp3) is 0.500. The minimum absolute atomic E-state index is 0.240. The number of rotatable bonds is 7. The number of para-hydroxylation sites is 2. The van der Waals surface area contributed by atoms with Gasteiger partial charge in [0.05, 0.1) is 19.9 Å². The third kappa shape index (κ3) is 4.13. The Bertz CT molecular complexity index is 409. The van der Waals surface area contributed by atoms with E-state index in [9.17, 15) is 4.79 Å². The van der Waals surface area contributed by atoms with E-state index < -0.39 is 0 Å². The van der Waals surface area contributed by atoms with Gasteiger partial charge in [-0.3, -0.25) is 4.79 Å². The summed E-state index contributed by atoms with van der Waals surface area (Å²) in [6.07, 6.45) is 0.664. The van der Waals surface area contributed by atoms with Crippen LogP contribution in [-0.2, 0) is 9.53 Å². The number of nitrogens with zero attached hydrogens (tertiary/aromatic N) is 1. The quantitative estimate of drug-likeness (QED) is 0.754. The van der Waals surface area contributed by atoms with Crippen LogP contribution < -0.4 is 15.0 Å². The molecule has 1 aromatic rings. The molecular weight excluding hydrogens is 244 g/mol. The number of nitrogens with one attached hydrogen (secondary N) is 1. The maximum absolute atomic E-state index is 11.5. The van der Waals surface area contributed by atoms with Crippen molar-refractivity contribution in [2.45, 2.75) is 12.5 Å². The number of anilines is 1. The van der Waals surface area contributed by atoms with Gasteiger partial charge in [-0.1, -0.05) is 12.1 Å². The molecule has 5 heteroatoms. The van der Waals surface area contributed by atoms with Crippen molar-refractivity contribution in [1.29, 1.82) is 0 Å². The molecular formula is C14H22N2O3. The summed E-state index contributed by atoms with van der Waals surface area (Å²) in [5, 5.41) is 2.96. The van der Waals surface area contributed by atoms with Gasteiger partial charge >= 0.3 is 5.97 Å². The SMILES string of the molecule is CNC(CCN(C)c1ccccc1OC)C(=O)OC. The molecule has 106 valence electrons. The summed E-state index contributed by atoms with van der Waals surface area (Å²) in [7, 11) is 6.78. The molecule has 0 saturated carbocycles. The highest BCUT2D eigenvalue weighted by Crippen LogP contribution is 2.26. The average molecular weight is 266 g/mol. The van der Waals surface area contributed by atoms with Crippen LogP contribution >= 0.6 is 0 Å². The normalized spacial score (nSPS) is 11.8. The van der Waals surface area contributed by atoms with Crippen LogP contribution in [0.5, 0.6) is 5.75 Å². The molecule has 19 heavy (non-hydrogen) atoms. The third-order valence-electron chi connectivity index (χ3n) is 3.08. The van der Waals surface area contributed by atoms with Gasteiger partial charge in [0.25, 0.3) is 0 Å². The molecule has 0 aromatic heterocycles. The number of carbonyl (C=O) groups excluding carboxylic acids is 1. The van der Waals surface area contributed by atoms with E-state index in [1.807, 2.05) is 31.3 Å². The van der Waals surface area contributed by atoms with Crippen molar-refractivity contribution >= 4 is 11.7 Å². The first-order valence-corrected chi connectivity index (χ1v) is 6.23. The minimum atomic E-state index is -0.290. The highest BCUT2D eigenvalue weighted by molar-refractivity contribution is 5.75. The summed E-state index contributed by atoms with van der Waals surface area (Å²) in [6, 6.07) is 7.51. The molecule has 0 saturated heterocycles. The van der Waals surface area contributed by atoms with Crippen LogP contribution in [0, 0.1) is 0 Å². The van der Waals surface area contributed by atoms with E-state index in [0.717, 1.165) is 18.0 Å². The van der Waals surface area contributed by atoms with Gasteiger partial charge in [0.15, 0.2) is 0 Å². The first kappa shape index (κ1) is 15.3. The number of likely N-dealkylation sites (N-methyl/N-ethyl adjacent to an activating group) is 1. The lowest BCUT2D eigenvalue weighted by molar-refractivity contribution is -0.143. The fourth-order valence-corrected chi connectivity index (χ4v) is 1.91. The Morgan fingerprint density at radius 3 is 2.63 bits per heavy atom. The van der Waals surface area contributed by atoms with Crippen molar-refractivity contribution in [3.63, 3.8) is 0 Å². The van der Waals surface area contributed by atoms with E-state index in [0.29, 0.717) is 6.42 Å². The minimum Gasteiger partial charge on any atom is -0.495 e. The van der Waals surface area contributed by atoms with E-state index in [2.05, 4.69) is 10.2 Å². The topological polar surface area (TPSA) is 50.8 Å². The number of ether oxygens (including phenoxy) is 2. The van der Waals surface area contributed by atoms with Crippen molar-refractivity contribution in [3.05, 3.63) is 24.3 Å². The molecule has 1 rings (SSSR count). The van der Waals surface area contributed by atoms with Crippen LogP contribution in [0.2, 0.25) is 0 Å². The van der Waals surface area contributed by atoms with Crippen LogP contribution in [0.1, 0.15) is 6.42 Å². The molecule has 0 fully saturated rings. The van der Waals surface area contributed by atoms with E-state index in [1.165, 1.54) is 7.11 Å². The second-order valence-corrected chi connectivity index (χ2v) is 4.25. The average Bonchev–Trinajstić information content (AvgIpc) is 2.47. The first-order valence-electron chi connectivity index (χ1n) is 6.23. The number of esters is 1. The second kappa shape index (κ2) is 7.63. The van der Waals surface area contributed by atoms with Gasteiger partial charge in [-0.15, -0.1) is 0 Å². The summed E-state index contributed by atoms with van der Waals surface area (Å²) < 4.78 is 10.1. The van der Waals surface area contributed by atoms with Gasteiger partial charge in [0.1, 0.15) is 11.8 Å². The van der Waals surface area contributed by atoms with Gasteiger partial charge in [-0.05, 0) is 25.6 Å². The maximum atomic E-state index is 11.5. The number of methoxy groups -OCH3 is 2. The Hall–Kier alpha value is -1.75. The predicted octanol–water partition coefficient (Wildman–Crippen LogP) is 1.28. The summed E-state index contributed by atoms with van der Waals surface area (Å²) >= 11 is 0. The molecule has 5 nitrogen and oxygen atoms in total. The molecule has 1 atom stereocenters. The first-order chi connectivity index (χ1) is 9.13. The zero-order valence-corrected chi connectivity index (χ0v) is 12.0. The Kier molecular flexibility index (Phi) is 6.15. The van der Waals surface area contributed by atoms with E-state index in [1.54, 1.807) is 14.2 Å². The molecule has 0 heterocycles. The molecule has 0 aliphatic carbocycles. The van der Waals surface area contributed by atoms with E-state index in [4.69, 9.17) is 9.47 Å². The van der Waals surface area contributed by atoms with Gasteiger partial charge < -0.3 is 19.7 Å². The second-order valence-electron chi connectivity index (χ2n) is 4.25. The summed E-state index contributed by atoms with van der Waals surface area (Å²) in [6.45, 7) is 0.723. The van der Waals surface area contributed by atoms with Crippen molar-refractivity contribution < 1.29 is 14.3 Å². The summed E-state index contributed by atoms with van der Waals surface area (Å²) in [5.74, 6) is 0.583. The highest BCUT2D eigenvalue weighted by Gasteiger charge is 2.17. The predicted molar refractivity (Wildman–Crippen MR) is 75.7 cm³/mol. The maximum Gasteiger partial charge on any atom is 0.322 e. The lowest BCUT2D eigenvalue weighted by Gasteiger charge is -2.23. The zero-order valence-electron chi connectivity index (χ0n) is 12.0. The van der Waals surface area contributed by atoms with Crippen LogP contribution in [0.25, 0.3) is 0 Å². The van der Waals surface area contributed by atoms with E-state index in [-0.39, 0.29) is 12.0 Å². The fourth-order valence-electron chi connectivity index (χ4n) is 1.91. The molecule has 0 aliphatic heterocycles. The van der Waals surface area contributed by atoms with Crippen molar-refractivity contribution in [2.75, 3.05) is 39.8 Å². The summed E-state index contributed by atoms with van der Waals surface area (Å²) in [5.41, 5.74) is 1.00. The van der Waals surface area contributed by atoms with Crippen LogP contribution in [0.15, 0.2) is 24.3 Å². The van der Waals surface area contributed by atoms with Gasteiger partial charge in [-0.25, -0.2) is 0 Å². The molecule has 1 N–H and O–H groups in total. The molecule has 0 amide bonds. The van der Waals surface area contributed by atoms with Gasteiger partial charge in [0, 0.05) is 13.6 Å². The molecule has 0 spiro atoms. The molecule has 1 aromatic carbocycles. The molecule has 0 aliphatic rings. The molecule has 0 bridgehead atoms. The van der Waals surface area contributed by atoms with Crippen LogP contribution in [-0.4, -0.2) is 46.9 Å². The van der Waals surface area contributed by atoms with Crippen molar-refractivity contribution in [3.8, 4) is 5.75 Å². The highest BCUT2D eigenvalue weighted by atomic mass is 16.5. The lowest BCUT2D eigenvalue weighted by Crippen LogP contribution is -2.38. The number of hydrogen-bond acceptors (Lipinski definition) is 5. The number of hydrogen-bond donors (Lipinski definition) is 1. The number of benzene rings is 1. The zero-order chi connectivity index (χ0) is 14.3. The number of carbonyl (C=O) groups is 1. The summed E-state index contributed by atoms with van der Waals surface area (Å²) in [4.78, 5) is 13.5. The van der Waals surface area contributed by atoms with Gasteiger partial charge in [-0.2, -0.15) is 0 Å². The largest absolute Gasteiger partial charge is 0.495 e. The standard InChI is InChI=1S/C14H22N2O3/c1-15-11(14(17)19-4)9-10-16(2)12-7-5-6-8-13(12)18-3/h5-8,11,15H,9-10H2,1-4H3. The Morgan fingerprint density at radius 2 is 2.05 bits per heavy atom. The van der Waals surface area contributed by atoms with Crippen LogP contribution in [0.3, 0.4) is 0 Å². The van der Waals surface area contributed by atoms with Crippen LogP contribution in [0.4, 0.5) is 5.69 Å².